The predicted molar refractivity (Wildman–Crippen MR) is 141 cm³/mol. The number of hydrogen-bond donors (Lipinski definition) is 0. The molecule has 1 heteroatoms. The molecule has 0 unspecified atom stereocenters. The van der Waals surface area contributed by atoms with E-state index >= 15 is 0 Å². The van der Waals surface area contributed by atoms with Crippen molar-refractivity contribution in [3.63, 3.8) is 0 Å². The van der Waals surface area contributed by atoms with E-state index in [9.17, 15) is 0 Å². The van der Waals surface area contributed by atoms with Crippen LogP contribution in [0.25, 0.3) is 0 Å². The van der Waals surface area contributed by atoms with Crippen LogP contribution in [-0.4, -0.2) is 0 Å². The third-order valence-corrected chi connectivity index (χ3v) is 5.37. The Morgan fingerprint density at radius 3 is 0.667 bits per heavy atom. The zero-order chi connectivity index (χ0) is 23.9. The van der Waals surface area contributed by atoms with E-state index in [1.807, 2.05) is 0 Å². The second-order valence-electron chi connectivity index (χ2n) is 9.57. The third-order valence-electron chi connectivity index (χ3n) is 5.37. The summed E-state index contributed by atoms with van der Waals surface area (Å²) in [5, 5.41) is 0. The molecule has 4 rings (SSSR count). The normalized spacial score (nSPS) is 17.1. The van der Waals surface area contributed by atoms with E-state index in [4.69, 9.17) is 0 Å². The van der Waals surface area contributed by atoms with Crippen molar-refractivity contribution < 1.29 is 22.4 Å². The minimum atomic E-state index is 0. The molecule has 0 nitrogen and oxygen atoms in total. The van der Waals surface area contributed by atoms with Crippen LogP contribution in [0.3, 0.4) is 0 Å². The van der Waals surface area contributed by atoms with Gasteiger partial charge in [-0.3, -0.25) is 24.3 Å². The maximum Gasteiger partial charge on any atom is 0 e. The molecule has 0 aliphatic heterocycles. The summed E-state index contributed by atoms with van der Waals surface area (Å²) in [5.41, 5.74) is 5.46. The van der Waals surface area contributed by atoms with Crippen molar-refractivity contribution in [2.45, 2.75) is 81.1 Å². The van der Waals surface area contributed by atoms with Gasteiger partial charge < -0.3 is 0 Å². The Labute approximate surface area is 221 Å². The van der Waals surface area contributed by atoms with E-state index in [0.29, 0.717) is 23.7 Å². The Morgan fingerprint density at radius 2 is 0.606 bits per heavy atom. The maximum atomic E-state index is 3.26. The molecule has 1 radical (unpaired) electrons. The second-order valence-corrected chi connectivity index (χ2v) is 9.57. The molecule has 0 heterocycles. The van der Waals surface area contributed by atoms with Crippen LogP contribution in [0, 0.1) is 48.0 Å². The van der Waals surface area contributed by atoms with E-state index in [-0.39, 0.29) is 22.4 Å². The molecule has 0 saturated heterocycles. The van der Waals surface area contributed by atoms with Crippen LogP contribution in [0.1, 0.15) is 81.1 Å². The average Bonchev–Trinajstić information content (AvgIpc) is 3.56. The fourth-order valence-corrected chi connectivity index (χ4v) is 3.27. The number of rotatable bonds is 4. The van der Waals surface area contributed by atoms with Crippen molar-refractivity contribution in [3.8, 4) is 0 Å². The molecule has 0 spiro atoms. The molecule has 33 heavy (non-hydrogen) atoms. The Bertz CT molecular complexity index is 650. The van der Waals surface area contributed by atoms with Crippen molar-refractivity contribution in [3.05, 3.63) is 95.2 Å². The summed E-state index contributed by atoms with van der Waals surface area (Å²) < 4.78 is 0. The smallest absolute Gasteiger partial charge is 0 e. The molecule has 0 aromatic carbocycles. The first-order chi connectivity index (χ1) is 15.2. The van der Waals surface area contributed by atoms with E-state index < -0.39 is 0 Å². The van der Waals surface area contributed by atoms with Crippen molar-refractivity contribution in [2.24, 2.45) is 23.7 Å². The molecule has 0 aromatic heterocycles. The minimum absolute atomic E-state index is 0. The van der Waals surface area contributed by atoms with E-state index in [1.165, 1.54) is 22.3 Å². The van der Waals surface area contributed by atoms with Gasteiger partial charge in [0.25, 0.3) is 0 Å². The SMILES string of the molecule is CC(C)C1=[C-]CC=C1.CC(C)C1=[C-]CC=C1.CC(C)C1=[C-]CC=C1.CC(C)C1=[C-]CC=C1.[Ta]. The molecule has 0 N–H and O–H groups in total. The number of allylic oxidation sites excluding steroid dienone is 16. The van der Waals surface area contributed by atoms with Crippen LogP contribution in [0.4, 0.5) is 0 Å². The molecule has 0 bridgehead atoms. The van der Waals surface area contributed by atoms with Gasteiger partial charge >= 0.3 is 0 Å². The van der Waals surface area contributed by atoms with Gasteiger partial charge in [0.15, 0.2) is 0 Å². The first kappa shape index (κ1) is 31.7. The van der Waals surface area contributed by atoms with Crippen molar-refractivity contribution in [1.82, 2.24) is 0 Å². The van der Waals surface area contributed by atoms with Crippen LogP contribution in [-0.2, 0) is 22.4 Å². The second kappa shape index (κ2) is 18.0. The van der Waals surface area contributed by atoms with Crippen LogP contribution >= 0.6 is 0 Å². The summed E-state index contributed by atoms with van der Waals surface area (Å²) >= 11 is 0. The van der Waals surface area contributed by atoms with Gasteiger partial charge in [0, 0.05) is 22.4 Å². The van der Waals surface area contributed by atoms with Gasteiger partial charge in [-0.2, -0.15) is 24.3 Å². The largest absolute Gasteiger partial charge is 0.269 e. The third kappa shape index (κ3) is 13.8. The van der Waals surface area contributed by atoms with Crippen LogP contribution in [0.15, 0.2) is 70.9 Å². The molecule has 181 valence electrons. The average molecular weight is 610 g/mol. The summed E-state index contributed by atoms with van der Waals surface area (Å²) in [6.45, 7) is 17.5. The molecule has 4 aliphatic rings. The van der Waals surface area contributed by atoms with E-state index in [2.05, 4.69) is 128 Å². The van der Waals surface area contributed by atoms with Crippen LogP contribution in [0.5, 0.6) is 0 Å². The Kier molecular flexibility index (Phi) is 17.3. The summed E-state index contributed by atoms with van der Waals surface area (Å²) in [5.74, 6) is 2.64. The van der Waals surface area contributed by atoms with E-state index in [1.54, 1.807) is 0 Å². The molecular formula is C32H44Ta-4. The molecule has 0 atom stereocenters. The molecule has 0 fully saturated rings. The fourth-order valence-electron chi connectivity index (χ4n) is 3.27. The quantitative estimate of drug-likeness (QED) is 0.279. The van der Waals surface area contributed by atoms with Crippen LogP contribution < -0.4 is 0 Å². The van der Waals surface area contributed by atoms with E-state index in [0.717, 1.165) is 25.7 Å². The Hall–Kier alpha value is -1.34. The molecular weight excluding hydrogens is 565 g/mol. The van der Waals surface area contributed by atoms with Crippen molar-refractivity contribution in [1.29, 1.82) is 0 Å². The van der Waals surface area contributed by atoms with Gasteiger partial charge in [0.05, 0.1) is 0 Å². The standard InChI is InChI=1S/4C8H11.Ta/c4*1-7(2)8-5-3-4-6-8;/h4*3,5,7H,4H2,1-2H3;/q4*-1;. The summed E-state index contributed by atoms with van der Waals surface area (Å²) in [6, 6.07) is 0. The zero-order valence-electron chi connectivity index (χ0n) is 22.2. The van der Waals surface area contributed by atoms with Gasteiger partial charge in [-0.25, -0.2) is 46.6 Å². The van der Waals surface area contributed by atoms with Gasteiger partial charge in [-0.15, -0.1) is 25.7 Å². The Balaban J connectivity index is 0.000000410. The van der Waals surface area contributed by atoms with Gasteiger partial charge in [0.2, 0.25) is 0 Å². The van der Waals surface area contributed by atoms with Gasteiger partial charge in [0.1, 0.15) is 0 Å². The summed E-state index contributed by atoms with van der Waals surface area (Å²) in [7, 11) is 0. The maximum absolute atomic E-state index is 3.26. The van der Waals surface area contributed by atoms with Gasteiger partial charge in [-0.05, 0) is 0 Å². The fraction of sp³-hybridized carbons (Fsp3) is 0.500. The minimum Gasteiger partial charge on any atom is -0.269 e. The predicted octanol–water partition coefficient (Wildman–Crippen LogP) is 9.33. The monoisotopic (exact) mass is 609 g/mol. The molecule has 0 amide bonds. The van der Waals surface area contributed by atoms with Crippen LogP contribution in [0.2, 0.25) is 0 Å². The summed E-state index contributed by atoms with van der Waals surface area (Å²) in [6.07, 6.45) is 34.4. The molecule has 0 aromatic rings. The Morgan fingerprint density at radius 1 is 0.424 bits per heavy atom. The topological polar surface area (TPSA) is 0 Å². The van der Waals surface area contributed by atoms with Crippen molar-refractivity contribution >= 4 is 0 Å². The molecule has 4 aliphatic carbocycles. The first-order valence-electron chi connectivity index (χ1n) is 12.3. The zero-order valence-corrected chi connectivity index (χ0v) is 25.4. The van der Waals surface area contributed by atoms with Crippen molar-refractivity contribution in [2.75, 3.05) is 0 Å². The van der Waals surface area contributed by atoms with Gasteiger partial charge in [-0.1, -0.05) is 79.1 Å². The molecule has 0 saturated carbocycles. The first-order valence-corrected chi connectivity index (χ1v) is 12.3. The summed E-state index contributed by atoms with van der Waals surface area (Å²) in [4.78, 5) is 0. The number of hydrogen-bond acceptors (Lipinski definition) is 0.